The standard InChI is InChI=1S/C19H24FN3O3S/c1-13(2)23(4)27(25,26)17-9-7-16(8-10-17)21-12-19(24)22-18-11-15(20)6-5-14(18)3/h5-11,13,21H,12H2,1-4H3,(H,22,24). The van der Waals surface area contributed by atoms with Crippen LogP contribution in [0.4, 0.5) is 15.8 Å². The fourth-order valence-corrected chi connectivity index (χ4v) is 3.66. The number of hydrogen-bond donors (Lipinski definition) is 2. The topological polar surface area (TPSA) is 78.5 Å². The van der Waals surface area contributed by atoms with Gasteiger partial charge in [0.1, 0.15) is 5.82 Å². The van der Waals surface area contributed by atoms with Crippen molar-refractivity contribution in [2.75, 3.05) is 24.2 Å². The highest BCUT2D eigenvalue weighted by Crippen LogP contribution is 2.19. The molecule has 0 aliphatic carbocycles. The maximum Gasteiger partial charge on any atom is 0.243 e. The number of nitrogens with one attached hydrogen (secondary N) is 2. The van der Waals surface area contributed by atoms with Gasteiger partial charge in [0.25, 0.3) is 0 Å². The van der Waals surface area contributed by atoms with Crippen LogP contribution in [0.1, 0.15) is 19.4 Å². The van der Waals surface area contributed by atoms with E-state index in [1.807, 2.05) is 0 Å². The Bertz CT molecular complexity index is 912. The van der Waals surface area contributed by atoms with Crippen molar-refractivity contribution in [1.29, 1.82) is 0 Å². The van der Waals surface area contributed by atoms with Gasteiger partial charge in [-0.3, -0.25) is 4.79 Å². The van der Waals surface area contributed by atoms with Crippen molar-refractivity contribution in [2.45, 2.75) is 31.7 Å². The number of benzene rings is 2. The minimum absolute atomic E-state index is 0.0338. The molecule has 0 fully saturated rings. The van der Waals surface area contributed by atoms with Crippen molar-refractivity contribution in [3.8, 4) is 0 Å². The molecule has 6 nitrogen and oxygen atoms in total. The van der Waals surface area contributed by atoms with Gasteiger partial charge in [-0.2, -0.15) is 4.31 Å². The summed E-state index contributed by atoms with van der Waals surface area (Å²) in [5.74, 6) is -0.757. The van der Waals surface area contributed by atoms with Crippen molar-refractivity contribution in [3.63, 3.8) is 0 Å². The van der Waals surface area contributed by atoms with E-state index in [0.717, 1.165) is 5.56 Å². The van der Waals surface area contributed by atoms with Gasteiger partial charge in [0.05, 0.1) is 11.4 Å². The quantitative estimate of drug-likeness (QED) is 0.757. The van der Waals surface area contributed by atoms with Gasteiger partial charge in [-0.1, -0.05) is 6.07 Å². The molecule has 8 heteroatoms. The number of carbonyl (C=O) groups excluding carboxylic acids is 1. The first-order valence-corrected chi connectivity index (χ1v) is 9.93. The van der Waals surface area contributed by atoms with E-state index in [0.29, 0.717) is 11.4 Å². The van der Waals surface area contributed by atoms with Crippen LogP contribution in [-0.4, -0.2) is 38.3 Å². The summed E-state index contributed by atoms with van der Waals surface area (Å²) in [6.07, 6.45) is 0. The summed E-state index contributed by atoms with van der Waals surface area (Å²) >= 11 is 0. The molecule has 0 aliphatic heterocycles. The molecule has 0 saturated heterocycles. The Balaban J connectivity index is 1.99. The van der Waals surface area contributed by atoms with Crippen LogP contribution in [0.15, 0.2) is 47.4 Å². The van der Waals surface area contributed by atoms with Crippen molar-refractivity contribution < 1.29 is 17.6 Å². The number of nitrogens with zero attached hydrogens (tertiary/aromatic N) is 1. The molecule has 0 aliphatic rings. The second-order valence-corrected chi connectivity index (χ2v) is 8.50. The van der Waals surface area contributed by atoms with E-state index in [9.17, 15) is 17.6 Å². The molecule has 1 amide bonds. The van der Waals surface area contributed by atoms with E-state index in [4.69, 9.17) is 0 Å². The Kier molecular flexibility index (Phi) is 6.56. The summed E-state index contributed by atoms with van der Waals surface area (Å²) in [7, 11) is -2.01. The number of carbonyl (C=O) groups is 1. The first-order valence-electron chi connectivity index (χ1n) is 8.49. The molecule has 146 valence electrons. The highest BCUT2D eigenvalue weighted by Gasteiger charge is 2.22. The summed E-state index contributed by atoms with van der Waals surface area (Å²) in [5.41, 5.74) is 1.78. The molecule has 2 aromatic carbocycles. The van der Waals surface area contributed by atoms with Gasteiger partial charge in [0, 0.05) is 24.5 Å². The van der Waals surface area contributed by atoms with Crippen LogP contribution < -0.4 is 10.6 Å². The van der Waals surface area contributed by atoms with Crippen molar-refractivity contribution in [1.82, 2.24) is 4.31 Å². The third-order valence-corrected chi connectivity index (χ3v) is 6.23. The fraction of sp³-hybridized carbons (Fsp3) is 0.316. The van der Waals surface area contributed by atoms with Gasteiger partial charge in [-0.15, -0.1) is 0 Å². The Morgan fingerprint density at radius 2 is 1.78 bits per heavy atom. The molecule has 2 aromatic rings. The highest BCUT2D eigenvalue weighted by atomic mass is 32.2. The zero-order chi connectivity index (χ0) is 20.2. The summed E-state index contributed by atoms with van der Waals surface area (Å²) < 4.78 is 39.4. The highest BCUT2D eigenvalue weighted by molar-refractivity contribution is 7.89. The maximum absolute atomic E-state index is 13.3. The van der Waals surface area contributed by atoms with E-state index >= 15 is 0 Å². The summed E-state index contributed by atoms with van der Waals surface area (Å²) in [6.45, 7) is 5.34. The number of amides is 1. The van der Waals surface area contributed by atoms with Crippen LogP contribution in [0, 0.1) is 12.7 Å². The van der Waals surface area contributed by atoms with Crippen LogP contribution in [0.2, 0.25) is 0 Å². The zero-order valence-electron chi connectivity index (χ0n) is 15.8. The number of hydrogen-bond acceptors (Lipinski definition) is 4. The lowest BCUT2D eigenvalue weighted by Gasteiger charge is -2.21. The lowest BCUT2D eigenvalue weighted by atomic mass is 10.2. The lowest BCUT2D eigenvalue weighted by Crippen LogP contribution is -2.33. The second-order valence-electron chi connectivity index (χ2n) is 6.50. The van der Waals surface area contributed by atoms with E-state index in [1.165, 1.54) is 35.6 Å². The number of sulfonamides is 1. The van der Waals surface area contributed by atoms with Gasteiger partial charge in [0.15, 0.2) is 0 Å². The van der Waals surface area contributed by atoms with Gasteiger partial charge in [-0.25, -0.2) is 12.8 Å². The Morgan fingerprint density at radius 3 is 2.37 bits per heavy atom. The third-order valence-electron chi connectivity index (χ3n) is 4.19. The predicted molar refractivity (Wildman–Crippen MR) is 105 cm³/mol. The molecule has 2 N–H and O–H groups in total. The first-order chi connectivity index (χ1) is 12.6. The van der Waals surface area contributed by atoms with Crippen LogP contribution >= 0.6 is 0 Å². The molecule has 0 spiro atoms. The Labute approximate surface area is 159 Å². The number of rotatable bonds is 7. The number of halogens is 1. The van der Waals surface area contributed by atoms with E-state index in [-0.39, 0.29) is 23.4 Å². The molecule has 0 atom stereocenters. The van der Waals surface area contributed by atoms with Gasteiger partial charge < -0.3 is 10.6 Å². The molecular formula is C19H24FN3O3S. The van der Waals surface area contributed by atoms with E-state index < -0.39 is 15.8 Å². The molecule has 2 rings (SSSR count). The van der Waals surface area contributed by atoms with Crippen molar-refractivity contribution in [2.24, 2.45) is 0 Å². The van der Waals surface area contributed by atoms with Crippen molar-refractivity contribution >= 4 is 27.3 Å². The molecule has 27 heavy (non-hydrogen) atoms. The SMILES string of the molecule is Cc1ccc(F)cc1NC(=O)CNc1ccc(S(=O)(=O)N(C)C(C)C)cc1. The molecule has 0 bridgehead atoms. The number of aryl methyl sites for hydroxylation is 1. The molecule has 0 radical (unpaired) electrons. The van der Waals surface area contributed by atoms with Crippen molar-refractivity contribution in [3.05, 3.63) is 53.8 Å². The molecule has 0 heterocycles. The zero-order valence-corrected chi connectivity index (χ0v) is 16.6. The minimum atomic E-state index is -3.55. The Hall–Kier alpha value is -2.45. The average molecular weight is 393 g/mol. The van der Waals surface area contributed by atoms with Crippen LogP contribution in [-0.2, 0) is 14.8 Å². The first kappa shape index (κ1) is 20.9. The van der Waals surface area contributed by atoms with E-state index in [2.05, 4.69) is 10.6 Å². The monoisotopic (exact) mass is 393 g/mol. The average Bonchev–Trinajstić information content (AvgIpc) is 2.62. The van der Waals surface area contributed by atoms with Crippen LogP contribution in [0.25, 0.3) is 0 Å². The smallest absolute Gasteiger partial charge is 0.243 e. The Morgan fingerprint density at radius 1 is 1.15 bits per heavy atom. The fourth-order valence-electron chi connectivity index (χ4n) is 2.29. The molecule has 0 aromatic heterocycles. The summed E-state index contributed by atoms with van der Waals surface area (Å²) in [6, 6.07) is 10.2. The van der Waals surface area contributed by atoms with Crippen LogP contribution in [0.5, 0.6) is 0 Å². The third kappa shape index (κ3) is 5.27. The molecule has 0 saturated carbocycles. The van der Waals surface area contributed by atoms with Gasteiger partial charge in [-0.05, 0) is 62.7 Å². The molecule has 0 unspecified atom stereocenters. The molecular weight excluding hydrogens is 369 g/mol. The summed E-state index contributed by atoms with van der Waals surface area (Å²) in [4.78, 5) is 12.2. The van der Waals surface area contributed by atoms with Crippen LogP contribution in [0.3, 0.4) is 0 Å². The lowest BCUT2D eigenvalue weighted by molar-refractivity contribution is -0.114. The van der Waals surface area contributed by atoms with Gasteiger partial charge >= 0.3 is 0 Å². The normalized spacial score (nSPS) is 11.7. The summed E-state index contributed by atoms with van der Waals surface area (Å²) in [5, 5.41) is 5.56. The predicted octanol–water partition coefficient (Wildman–Crippen LogP) is 3.21. The number of anilines is 2. The van der Waals surface area contributed by atoms with E-state index in [1.54, 1.807) is 39.0 Å². The largest absolute Gasteiger partial charge is 0.376 e. The minimum Gasteiger partial charge on any atom is -0.376 e. The maximum atomic E-state index is 13.3. The van der Waals surface area contributed by atoms with Gasteiger partial charge in [0.2, 0.25) is 15.9 Å². The second kappa shape index (κ2) is 8.49.